The molecule has 0 radical (unpaired) electrons. The van der Waals surface area contributed by atoms with Crippen molar-refractivity contribution >= 4 is 33.7 Å². The summed E-state index contributed by atoms with van der Waals surface area (Å²) in [7, 11) is -1.38. The van der Waals surface area contributed by atoms with Crippen molar-refractivity contribution in [1.82, 2.24) is 19.3 Å². The van der Waals surface area contributed by atoms with Gasteiger partial charge in [-0.25, -0.2) is 14.8 Å². The molecule has 10 heteroatoms. The van der Waals surface area contributed by atoms with E-state index >= 15 is 0 Å². The summed E-state index contributed by atoms with van der Waals surface area (Å²) in [6.45, 7) is 6.41. The first-order chi connectivity index (χ1) is 15.2. The van der Waals surface area contributed by atoms with Gasteiger partial charge in [-0.05, 0) is 32.8 Å². The number of nitriles is 1. The molecule has 0 spiro atoms. The predicted molar refractivity (Wildman–Crippen MR) is 119 cm³/mol. The largest absolute Gasteiger partial charge is 0.482 e. The van der Waals surface area contributed by atoms with E-state index in [4.69, 9.17) is 14.7 Å². The molecule has 0 bridgehead atoms. The molecule has 0 aromatic carbocycles. The number of nitrogens with zero attached hydrogens (tertiary/aromatic N) is 5. The molecular weight excluding hydrogens is 430 g/mol. The highest BCUT2D eigenvalue weighted by molar-refractivity contribution is 7.84. The Kier molecular flexibility index (Phi) is 5.77. The van der Waals surface area contributed by atoms with Crippen LogP contribution in [0.2, 0.25) is 0 Å². The van der Waals surface area contributed by atoms with Crippen LogP contribution in [-0.2, 0) is 20.3 Å². The Morgan fingerprint density at radius 1 is 1.38 bits per heavy atom. The van der Waals surface area contributed by atoms with E-state index in [1.54, 1.807) is 23.6 Å². The molecule has 2 aromatic rings. The number of hydrogen-bond donors (Lipinski definition) is 0. The van der Waals surface area contributed by atoms with Crippen LogP contribution in [0, 0.1) is 11.3 Å². The minimum absolute atomic E-state index is 0.343. The maximum Gasteiger partial charge on any atom is 0.410 e. The summed E-state index contributed by atoms with van der Waals surface area (Å²) in [6, 6.07) is 2.10. The molecule has 4 heterocycles. The third-order valence-corrected chi connectivity index (χ3v) is 5.94. The molecular formula is C22H25N5O4S. The second-order valence-electron chi connectivity index (χ2n) is 8.74. The molecule has 2 aliphatic heterocycles. The maximum atomic E-state index is 12.6. The van der Waals surface area contributed by atoms with Gasteiger partial charge in [-0.1, -0.05) is 6.08 Å². The third-order valence-electron chi connectivity index (χ3n) is 5.12. The number of imidazole rings is 1. The Morgan fingerprint density at radius 3 is 2.81 bits per heavy atom. The molecule has 32 heavy (non-hydrogen) atoms. The van der Waals surface area contributed by atoms with E-state index in [2.05, 4.69) is 16.0 Å². The molecule has 0 saturated heterocycles. The van der Waals surface area contributed by atoms with Gasteiger partial charge in [0.2, 0.25) is 0 Å². The lowest BCUT2D eigenvalue weighted by atomic mass is 10.1. The van der Waals surface area contributed by atoms with Crippen LogP contribution in [0.4, 0.5) is 4.79 Å². The van der Waals surface area contributed by atoms with Gasteiger partial charge in [0.05, 0.1) is 41.2 Å². The van der Waals surface area contributed by atoms with Crippen LogP contribution >= 0.6 is 0 Å². The van der Waals surface area contributed by atoms with Crippen molar-refractivity contribution in [3.8, 4) is 6.07 Å². The first kappa shape index (κ1) is 22.0. The van der Waals surface area contributed by atoms with Gasteiger partial charge in [-0.3, -0.25) is 8.61 Å². The normalized spacial score (nSPS) is 19.7. The second-order valence-corrected chi connectivity index (χ2v) is 10.0. The van der Waals surface area contributed by atoms with Gasteiger partial charge in [-0.15, -0.1) is 0 Å². The van der Waals surface area contributed by atoms with Gasteiger partial charge in [0.1, 0.15) is 11.7 Å². The van der Waals surface area contributed by atoms with E-state index in [1.165, 1.54) is 0 Å². The van der Waals surface area contributed by atoms with Crippen LogP contribution in [0.25, 0.3) is 16.8 Å². The summed E-state index contributed by atoms with van der Waals surface area (Å²) in [5.74, 6) is 0. The van der Waals surface area contributed by atoms with Gasteiger partial charge < -0.3 is 14.4 Å². The average Bonchev–Trinajstić information content (AvgIpc) is 3.38. The Morgan fingerprint density at radius 2 is 2.16 bits per heavy atom. The summed E-state index contributed by atoms with van der Waals surface area (Å²) < 4.78 is 25.2. The van der Waals surface area contributed by atoms with Crippen LogP contribution in [0.5, 0.6) is 0 Å². The van der Waals surface area contributed by atoms with E-state index in [1.807, 2.05) is 37.4 Å². The van der Waals surface area contributed by atoms with Crippen molar-refractivity contribution in [2.45, 2.75) is 50.3 Å². The van der Waals surface area contributed by atoms with Crippen LogP contribution in [0.3, 0.4) is 0 Å². The Labute approximate surface area is 188 Å². The van der Waals surface area contributed by atoms with Crippen molar-refractivity contribution in [1.29, 1.82) is 5.26 Å². The Hall–Kier alpha value is -3.19. The number of carbonyl (C=O) groups is 1. The van der Waals surface area contributed by atoms with Crippen molar-refractivity contribution in [2.75, 3.05) is 19.3 Å². The molecule has 2 atom stereocenters. The van der Waals surface area contributed by atoms with Crippen LogP contribution in [0.1, 0.15) is 45.0 Å². The molecule has 4 rings (SSSR count). The third kappa shape index (κ3) is 4.39. The molecule has 2 aliphatic rings. The number of hydrogen-bond acceptors (Lipinski definition) is 7. The van der Waals surface area contributed by atoms with E-state index in [9.17, 15) is 9.00 Å². The number of ether oxygens (including phenoxy) is 2. The number of aromatic nitrogens is 3. The SMILES string of the molecule is CS(=O)c1nc(C2=CCCN(C(=O)OC(C)(C)C)C2)cn2c(C3=COC(C#N)C3)cnc12. The topological polar surface area (TPSA) is 110 Å². The summed E-state index contributed by atoms with van der Waals surface area (Å²) in [4.78, 5) is 23.3. The van der Waals surface area contributed by atoms with Crippen LogP contribution in [0.15, 0.2) is 29.8 Å². The van der Waals surface area contributed by atoms with Crippen molar-refractivity contribution in [3.05, 3.63) is 36.1 Å². The minimum atomic E-state index is -1.38. The highest BCUT2D eigenvalue weighted by Gasteiger charge is 2.27. The van der Waals surface area contributed by atoms with Crippen molar-refractivity contribution in [3.63, 3.8) is 0 Å². The first-order valence-corrected chi connectivity index (χ1v) is 11.9. The number of fused-ring (bicyclic) bond motifs is 1. The van der Waals surface area contributed by atoms with Gasteiger partial charge in [0, 0.05) is 31.0 Å². The van der Waals surface area contributed by atoms with Gasteiger partial charge in [-0.2, -0.15) is 5.26 Å². The fourth-order valence-electron chi connectivity index (χ4n) is 3.66. The second kappa shape index (κ2) is 8.39. The van der Waals surface area contributed by atoms with Crippen molar-refractivity contribution in [2.24, 2.45) is 0 Å². The fraction of sp³-hybridized carbons (Fsp3) is 0.455. The zero-order valence-electron chi connectivity index (χ0n) is 18.5. The number of amides is 1. The monoisotopic (exact) mass is 455 g/mol. The van der Waals surface area contributed by atoms with E-state index in [-0.39, 0.29) is 6.09 Å². The quantitative estimate of drug-likeness (QED) is 0.699. The average molecular weight is 456 g/mol. The molecule has 0 saturated carbocycles. The molecule has 2 aromatic heterocycles. The van der Waals surface area contributed by atoms with Crippen LogP contribution < -0.4 is 0 Å². The van der Waals surface area contributed by atoms with E-state index in [0.717, 1.165) is 16.8 Å². The first-order valence-electron chi connectivity index (χ1n) is 10.3. The summed E-state index contributed by atoms with van der Waals surface area (Å²) >= 11 is 0. The molecule has 2 unspecified atom stereocenters. The zero-order valence-corrected chi connectivity index (χ0v) is 19.3. The van der Waals surface area contributed by atoms with Gasteiger partial charge in [0.15, 0.2) is 16.8 Å². The molecule has 0 aliphatic carbocycles. The fourth-order valence-corrected chi connectivity index (χ4v) is 4.29. The summed E-state index contributed by atoms with van der Waals surface area (Å²) in [5.41, 5.74) is 2.97. The molecule has 1 amide bonds. The lowest BCUT2D eigenvalue weighted by Crippen LogP contribution is -2.39. The minimum Gasteiger partial charge on any atom is -0.482 e. The standard InChI is InChI=1S/C22H25N5O4S/c1-22(2,3)31-21(28)26-7-5-6-14(11-26)17-12-27-18(15-8-16(9-23)30-13-15)10-24-19(27)20(25-17)32(4)29/h6,10,12-13,16H,5,7-8,11H2,1-4H3. The van der Waals surface area contributed by atoms with Crippen molar-refractivity contribution < 1.29 is 18.5 Å². The molecule has 0 N–H and O–H groups in total. The van der Waals surface area contributed by atoms with E-state index in [0.29, 0.717) is 42.3 Å². The number of rotatable bonds is 3. The number of carbonyl (C=O) groups excluding carboxylic acids is 1. The lowest BCUT2D eigenvalue weighted by Gasteiger charge is -2.30. The highest BCUT2D eigenvalue weighted by atomic mass is 32.2. The van der Waals surface area contributed by atoms with Gasteiger partial charge in [0.25, 0.3) is 0 Å². The van der Waals surface area contributed by atoms with Gasteiger partial charge >= 0.3 is 6.09 Å². The van der Waals surface area contributed by atoms with E-state index < -0.39 is 22.5 Å². The predicted octanol–water partition coefficient (Wildman–Crippen LogP) is 3.14. The molecule has 0 fully saturated rings. The molecule has 168 valence electrons. The smallest absolute Gasteiger partial charge is 0.410 e. The Bertz CT molecular complexity index is 1200. The highest BCUT2D eigenvalue weighted by Crippen LogP contribution is 2.30. The maximum absolute atomic E-state index is 12.6. The summed E-state index contributed by atoms with van der Waals surface area (Å²) in [5, 5.41) is 9.50. The zero-order chi connectivity index (χ0) is 23.0. The molecule has 9 nitrogen and oxygen atoms in total. The Balaban J connectivity index is 1.71. The lowest BCUT2D eigenvalue weighted by molar-refractivity contribution is 0.0273. The summed E-state index contributed by atoms with van der Waals surface area (Å²) in [6.07, 6.45) is 8.89. The van der Waals surface area contributed by atoms with Crippen LogP contribution in [-0.4, -0.2) is 60.6 Å².